The molecule has 0 bridgehead atoms. The zero-order chi connectivity index (χ0) is 10.3. The quantitative estimate of drug-likeness (QED) is 0.770. The third-order valence-electron chi connectivity index (χ3n) is 2.33. The van der Waals surface area contributed by atoms with Crippen LogP contribution < -0.4 is 4.90 Å². The number of halogens is 2. The van der Waals surface area contributed by atoms with Crippen molar-refractivity contribution in [2.75, 3.05) is 18.0 Å². The Morgan fingerprint density at radius 1 is 1.50 bits per heavy atom. The highest BCUT2D eigenvalue weighted by Gasteiger charge is 2.36. The summed E-state index contributed by atoms with van der Waals surface area (Å²) in [5.74, 6) is 0.211. The van der Waals surface area contributed by atoms with Crippen molar-refractivity contribution in [1.82, 2.24) is 4.98 Å². The molecule has 1 aliphatic heterocycles. The van der Waals surface area contributed by atoms with E-state index in [1.165, 1.54) is 6.07 Å². The van der Waals surface area contributed by atoms with E-state index in [4.69, 9.17) is 0 Å². The van der Waals surface area contributed by atoms with Gasteiger partial charge in [-0.2, -0.15) is 0 Å². The minimum absolute atomic E-state index is 0.255. The number of rotatable bonds is 1. The monoisotopic (exact) mass is 258 g/mol. The molecule has 2 nitrogen and oxygen atoms in total. The lowest BCUT2D eigenvalue weighted by Crippen LogP contribution is -2.53. The molecule has 0 aliphatic carbocycles. The third kappa shape index (κ3) is 1.75. The van der Waals surface area contributed by atoms with Crippen LogP contribution in [0, 0.1) is 11.2 Å². The Hall–Kier alpha value is -0.640. The number of hydrogen-bond donors (Lipinski definition) is 0. The van der Waals surface area contributed by atoms with Crippen LogP contribution in [0.2, 0.25) is 0 Å². The van der Waals surface area contributed by atoms with E-state index < -0.39 is 0 Å². The molecule has 0 atom stereocenters. The summed E-state index contributed by atoms with van der Waals surface area (Å²) in [6.07, 6.45) is 1.63. The highest BCUT2D eigenvalue weighted by atomic mass is 79.9. The smallest absolute Gasteiger partial charge is 0.166 e. The predicted octanol–water partition coefficient (Wildman–Crippen LogP) is 2.83. The zero-order valence-corrected chi connectivity index (χ0v) is 9.81. The highest BCUT2D eigenvalue weighted by molar-refractivity contribution is 9.10. The van der Waals surface area contributed by atoms with Crippen LogP contribution in [0.25, 0.3) is 0 Å². The Kier molecular flexibility index (Phi) is 2.26. The van der Waals surface area contributed by atoms with Crippen molar-refractivity contribution in [2.45, 2.75) is 13.8 Å². The minimum atomic E-state index is -0.255. The summed E-state index contributed by atoms with van der Waals surface area (Å²) in [6.45, 7) is 6.08. The molecule has 1 aromatic heterocycles. The maximum absolute atomic E-state index is 13.4. The summed E-state index contributed by atoms with van der Waals surface area (Å²) in [6, 6.07) is 1.45. The van der Waals surface area contributed by atoms with Crippen LogP contribution in [-0.2, 0) is 0 Å². The second-order valence-corrected chi connectivity index (χ2v) is 5.39. The summed E-state index contributed by atoms with van der Waals surface area (Å²) in [5.41, 5.74) is 0.293. The van der Waals surface area contributed by atoms with E-state index in [-0.39, 0.29) is 5.82 Å². The summed E-state index contributed by atoms with van der Waals surface area (Å²) in [4.78, 5) is 6.03. The summed E-state index contributed by atoms with van der Waals surface area (Å²) in [5, 5.41) is 0. The molecule has 0 saturated carbocycles. The number of anilines is 1. The molecule has 1 aromatic rings. The van der Waals surface area contributed by atoms with Crippen molar-refractivity contribution in [1.29, 1.82) is 0 Å². The molecular formula is C10H12BrFN2. The topological polar surface area (TPSA) is 16.1 Å². The highest BCUT2D eigenvalue weighted by Crippen LogP contribution is 2.33. The summed E-state index contributed by atoms with van der Waals surface area (Å²) in [7, 11) is 0. The Morgan fingerprint density at radius 2 is 2.14 bits per heavy atom. The number of pyridine rings is 1. The van der Waals surface area contributed by atoms with Gasteiger partial charge in [-0.25, -0.2) is 9.37 Å². The van der Waals surface area contributed by atoms with Gasteiger partial charge in [0, 0.05) is 23.8 Å². The van der Waals surface area contributed by atoms with E-state index in [9.17, 15) is 4.39 Å². The average Bonchev–Trinajstić information content (AvgIpc) is 2.00. The van der Waals surface area contributed by atoms with Crippen molar-refractivity contribution < 1.29 is 4.39 Å². The predicted molar refractivity (Wildman–Crippen MR) is 57.9 cm³/mol. The largest absolute Gasteiger partial charge is 0.353 e. The number of nitrogens with zero attached hydrogens (tertiary/aromatic N) is 2. The van der Waals surface area contributed by atoms with Crippen molar-refractivity contribution in [2.24, 2.45) is 5.41 Å². The van der Waals surface area contributed by atoms with Crippen LogP contribution >= 0.6 is 15.9 Å². The van der Waals surface area contributed by atoms with Gasteiger partial charge in [0.1, 0.15) is 0 Å². The van der Waals surface area contributed by atoms with Crippen molar-refractivity contribution in [3.05, 3.63) is 22.6 Å². The van der Waals surface area contributed by atoms with Crippen LogP contribution in [0.3, 0.4) is 0 Å². The van der Waals surface area contributed by atoms with Gasteiger partial charge in [0.25, 0.3) is 0 Å². The Balaban J connectivity index is 2.19. The van der Waals surface area contributed by atoms with E-state index >= 15 is 0 Å². The van der Waals surface area contributed by atoms with Crippen molar-refractivity contribution in [3.63, 3.8) is 0 Å². The molecule has 0 N–H and O–H groups in total. The van der Waals surface area contributed by atoms with E-state index in [1.54, 1.807) is 6.20 Å². The molecule has 2 rings (SSSR count). The third-order valence-corrected chi connectivity index (χ3v) is 2.76. The van der Waals surface area contributed by atoms with Gasteiger partial charge in [0.2, 0.25) is 0 Å². The van der Waals surface area contributed by atoms with Gasteiger partial charge in [-0.15, -0.1) is 0 Å². The maximum Gasteiger partial charge on any atom is 0.166 e. The molecular weight excluding hydrogens is 247 g/mol. The minimum Gasteiger partial charge on any atom is -0.353 e. The average molecular weight is 259 g/mol. The molecule has 1 fully saturated rings. The Labute approximate surface area is 91.3 Å². The summed E-state index contributed by atoms with van der Waals surface area (Å²) >= 11 is 3.19. The first-order valence-electron chi connectivity index (χ1n) is 4.54. The molecule has 76 valence electrons. The second-order valence-electron chi connectivity index (χ2n) is 4.48. The lowest BCUT2D eigenvalue weighted by atomic mass is 9.84. The van der Waals surface area contributed by atoms with E-state index in [2.05, 4.69) is 34.8 Å². The lowest BCUT2D eigenvalue weighted by molar-refractivity contribution is 0.272. The maximum atomic E-state index is 13.4. The molecule has 0 aromatic carbocycles. The fourth-order valence-corrected chi connectivity index (χ4v) is 2.08. The normalized spacial score (nSPS) is 19.3. The van der Waals surface area contributed by atoms with Crippen LogP contribution in [0.5, 0.6) is 0 Å². The van der Waals surface area contributed by atoms with Crippen LogP contribution in [-0.4, -0.2) is 18.1 Å². The van der Waals surface area contributed by atoms with Gasteiger partial charge in [0.05, 0.1) is 0 Å². The van der Waals surface area contributed by atoms with Gasteiger partial charge < -0.3 is 4.90 Å². The molecule has 1 saturated heterocycles. The van der Waals surface area contributed by atoms with Crippen LogP contribution in [0.4, 0.5) is 10.2 Å². The van der Waals surface area contributed by atoms with Gasteiger partial charge >= 0.3 is 0 Å². The molecule has 2 heterocycles. The van der Waals surface area contributed by atoms with Crippen LogP contribution in [0.15, 0.2) is 16.7 Å². The lowest BCUT2D eigenvalue weighted by Gasteiger charge is -2.46. The van der Waals surface area contributed by atoms with E-state index in [0.717, 1.165) is 13.1 Å². The first-order valence-corrected chi connectivity index (χ1v) is 5.33. The first kappa shape index (κ1) is 9.90. The van der Waals surface area contributed by atoms with E-state index in [1.807, 2.05) is 4.90 Å². The van der Waals surface area contributed by atoms with Gasteiger partial charge in [-0.05, 0) is 27.4 Å². The van der Waals surface area contributed by atoms with Gasteiger partial charge in [-0.3, -0.25) is 0 Å². The van der Waals surface area contributed by atoms with Crippen molar-refractivity contribution in [3.8, 4) is 0 Å². The molecule has 0 spiro atoms. The van der Waals surface area contributed by atoms with Gasteiger partial charge in [-0.1, -0.05) is 13.8 Å². The Bertz CT molecular complexity index is 357. The fourth-order valence-electron chi connectivity index (χ4n) is 1.78. The molecule has 0 unspecified atom stereocenters. The van der Waals surface area contributed by atoms with E-state index in [0.29, 0.717) is 15.7 Å². The van der Waals surface area contributed by atoms with Crippen molar-refractivity contribution >= 4 is 21.7 Å². The molecule has 1 aliphatic rings. The molecule has 4 heteroatoms. The number of aromatic nitrogens is 1. The van der Waals surface area contributed by atoms with Gasteiger partial charge in [0.15, 0.2) is 11.6 Å². The van der Waals surface area contributed by atoms with Crippen LogP contribution in [0.1, 0.15) is 13.8 Å². The second kappa shape index (κ2) is 3.19. The SMILES string of the molecule is CC1(C)CN(c2ncc(Br)cc2F)C1. The zero-order valence-electron chi connectivity index (χ0n) is 8.22. The molecule has 0 amide bonds. The standard InChI is InChI=1S/C10H12BrFN2/c1-10(2)5-14(6-10)9-8(12)3-7(11)4-13-9/h3-4H,5-6H2,1-2H3. The molecule has 0 radical (unpaired) electrons. The first-order chi connectivity index (χ1) is 6.48. The number of hydrogen-bond acceptors (Lipinski definition) is 2. The summed E-state index contributed by atoms with van der Waals surface area (Å²) < 4.78 is 14.1. The molecule has 14 heavy (non-hydrogen) atoms. The Morgan fingerprint density at radius 3 is 2.64 bits per heavy atom. The fraction of sp³-hybridized carbons (Fsp3) is 0.500.